The Labute approximate surface area is 345 Å². The van der Waals surface area contributed by atoms with Crippen LogP contribution in [0.15, 0.2) is 76.2 Å². The number of rotatable bonds is 10. The number of aliphatic hydroxyl groups is 2. The van der Waals surface area contributed by atoms with Crippen LogP contribution in [0.4, 0.5) is 5.13 Å². The molecule has 6 fully saturated rings. The normalized spacial score (nSPS) is 31.1. The van der Waals surface area contributed by atoms with Gasteiger partial charge in [0, 0.05) is 42.0 Å². The van der Waals surface area contributed by atoms with Crippen molar-refractivity contribution in [3.8, 4) is 0 Å². The number of aromatic nitrogens is 3. The van der Waals surface area contributed by atoms with Gasteiger partial charge in [-0.25, -0.2) is 9.98 Å². The summed E-state index contributed by atoms with van der Waals surface area (Å²) in [7, 11) is 0. The molecular weight excluding hydrogens is 747 g/mol. The molecule has 7 aliphatic rings. The fraction of sp³-hybridized carbons (Fsp3) is 0.556. The molecule has 13 heteroatoms. The number of fused-ring (bicyclic) bond motifs is 1. The first-order chi connectivity index (χ1) is 27.7. The quantitative estimate of drug-likeness (QED) is 0.0768. The average molecular weight is 806 g/mol. The molecular formula is C45H59N9O3S. The van der Waals surface area contributed by atoms with E-state index in [0.717, 1.165) is 78.0 Å². The molecule has 10 rings (SSSR count). The number of para-hydroxylation sites is 1. The van der Waals surface area contributed by atoms with E-state index in [1.807, 2.05) is 54.4 Å². The molecule has 2 saturated heterocycles. The summed E-state index contributed by atoms with van der Waals surface area (Å²) in [6, 6.07) is 7.90. The molecule has 12 nitrogen and oxygen atoms in total. The van der Waals surface area contributed by atoms with E-state index in [-0.39, 0.29) is 27.5 Å². The summed E-state index contributed by atoms with van der Waals surface area (Å²) in [4.78, 5) is 13.7. The van der Waals surface area contributed by atoms with E-state index in [0.29, 0.717) is 41.2 Å². The zero-order chi connectivity index (χ0) is 40.5. The average Bonchev–Trinajstić information content (AvgIpc) is 3.74. The number of aliphatic hydroxyl groups excluding tert-OH is 1. The molecule has 1 aromatic carbocycles. The van der Waals surface area contributed by atoms with E-state index in [2.05, 4.69) is 45.6 Å². The van der Waals surface area contributed by atoms with Gasteiger partial charge in [0.2, 0.25) is 5.13 Å². The van der Waals surface area contributed by atoms with Gasteiger partial charge in [-0.1, -0.05) is 43.7 Å². The van der Waals surface area contributed by atoms with E-state index >= 15 is 0 Å². The highest BCUT2D eigenvalue weighted by Crippen LogP contribution is 2.72. The van der Waals surface area contributed by atoms with Crippen LogP contribution < -0.4 is 11.1 Å². The van der Waals surface area contributed by atoms with E-state index in [9.17, 15) is 15.6 Å². The fourth-order valence-corrected chi connectivity index (χ4v) is 13.5. The second-order valence-electron chi connectivity index (χ2n) is 19.0. The van der Waals surface area contributed by atoms with Gasteiger partial charge in [-0.05, 0) is 137 Å². The van der Waals surface area contributed by atoms with E-state index in [1.165, 1.54) is 63.0 Å². The molecule has 4 aliphatic carbocycles. The maximum Gasteiger partial charge on any atom is 0.299 e. The van der Waals surface area contributed by atoms with E-state index < -0.39 is 5.95 Å². The van der Waals surface area contributed by atoms with Gasteiger partial charge in [-0.2, -0.15) is 5.10 Å². The fourth-order valence-electron chi connectivity index (χ4n) is 12.6. The Hall–Kier alpha value is -4.46. The number of amidine groups is 2. The molecule has 0 radical (unpaired) electrons. The highest BCUT2D eigenvalue weighted by Gasteiger charge is 2.66. The zero-order valence-electron chi connectivity index (χ0n) is 34.5. The Bertz CT molecular complexity index is 2240. The van der Waals surface area contributed by atoms with Gasteiger partial charge in [0.15, 0.2) is 0 Å². The van der Waals surface area contributed by atoms with Crippen LogP contribution in [0.1, 0.15) is 103 Å². The van der Waals surface area contributed by atoms with Crippen LogP contribution in [-0.2, 0) is 11.3 Å². The molecule has 58 heavy (non-hydrogen) atoms. The van der Waals surface area contributed by atoms with Crippen molar-refractivity contribution in [3.63, 3.8) is 0 Å². The van der Waals surface area contributed by atoms with Crippen LogP contribution in [0.2, 0.25) is 0 Å². The molecule has 5 heterocycles. The molecule has 4 bridgehead atoms. The van der Waals surface area contributed by atoms with Crippen LogP contribution in [0.25, 0.3) is 15.8 Å². The molecule has 6 N–H and O–H groups in total. The Balaban J connectivity index is 0.943. The second kappa shape index (κ2) is 14.7. The lowest BCUT2D eigenvalue weighted by Gasteiger charge is -2.69. The number of ether oxygens (including phenoxy) is 1. The summed E-state index contributed by atoms with van der Waals surface area (Å²) in [5.41, 5.74) is 12.1. The second-order valence-corrected chi connectivity index (χ2v) is 20.1. The van der Waals surface area contributed by atoms with E-state index in [1.54, 1.807) is 0 Å². The number of benzene rings is 1. The number of dihydropyridines is 1. The number of hydrogen-bond donors (Lipinski definition) is 5. The third-order valence-electron chi connectivity index (χ3n) is 13.9. The number of piperidine rings is 2. The van der Waals surface area contributed by atoms with Crippen LogP contribution in [0.5, 0.6) is 0 Å². The number of nitrogens with two attached hydrogens (primary N) is 1. The number of allylic oxidation sites excluding steroid dienone is 3. The van der Waals surface area contributed by atoms with Crippen LogP contribution in [0, 0.1) is 28.6 Å². The van der Waals surface area contributed by atoms with Gasteiger partial charge >= 0.3 is 0 Å². The minimum atomic E-state index is -0.808. The van der Waals surface area contributed by atoms with Gasteiger partial charge in [0.1, 0.15) is 23.2 Å². The number of thiazole rings is 1. The molecule has 3 aliphatic heterocycles. The molecule has 2 unspecified atom stereocenters. The first-order valence-electron chi connectivity index (χ1n) is 21.2. The highest BCUT2D eigenvalue weighted by molar-refractivity contribution is 7.22. The van der Waals surface area contributed by atoms with Crippen molar-refractivity contribution in [1.29, 1.82) is 5.41 Å². The van der Waals surface area contributed by atoms with Gasteiger partial charge in [-0.3, -0.25) is 10.1 Å². The summed E-state index contributed by atoms with van der Waals surface area (Å²) in [5.74, 6) is 0.412. The summed E-state index contributed by atoms with van der Waals surface area (Å²) >= 11 is 1.48. The van der Waals surface area contributed by atoms with Gasteiger partial charge < -0.3 is 35.8 Å². The summed E-state index contributed by atoms with van der Waals surface area (Å²) in [6.45, 7) is 14.6. The Morgan fingerprint density at radius 1 is 1.00 bits per heavy atom. The molecule has 308 valence electrons. The monoisotopic (exact) mass is 805 g/mol. The van der Waals surface area contributed by atoms with Crippen molar-refractivity contribution >= 4 is 43.9 Å². The van der Waals surface area contributed by atoms with E-state index in [4.69, 9.17) is 15.6 Å². The van der Waals surface area contributed by atoms with Gasteiger partial charge in [0.05, 0.1) is 28.6 Å². The molecule has 4 saturated carbocycles. The van der Waals surface area contributed by atoms with Crippen LogP contribution in [-0.4, -0.2) is 84.8 Å². The van der Waals surface area contributed by atoms with Crippen molar-refractivity contribution in [2.45, 2.75) is 110 Å². The highest BCUT2D eigenvalue weighted by atomic mass is 32.1. The summed E-state index contributed by atoms with van der Waals surface area (Å²) in [6.07, 6.45) is 18.1. The SMILES string of the molecule is CC(=C1\CCCN(C2=CC=C(c3cnn(CC45CC6(OCCN7CCCCC7)C[C@](C)(C4)C[C@](C)(C5)C6)c3C)C(=C(O)O)N2)C1=N)/C(N)=N\c1nc2ccccc2s1. The third-order valence-corrected chi connectivity index (χ3v) is 14.9. The van der Waals surface area contributed by atoms with Crippen LogP contribution >= 0.6 is 11.3 Å². The summed E-state index contributed by atoms with van der Waals surface area (Å²) in [5, 5.41) is 39.5. The Kier molecular flexibility index (Phi) is 9.87. The third kappa shape index (κ3) is 7.27. The standard InChI is InChI=1S/C45H59N9O3S/c1-29(38(46)51-41-49-34-12-6-7-13-35(34)58-41)31-11-10-18-53(39(31)47)36-15-14-32(37(50-36)40(55)56)33-21-48-54(30(33)2)28-44-23-42(3)22-43(4,24-44)26-45(25-42,27-44)57-20-19-52-16-8-5-9-17-52/h6-7,12-15,21,47,50,55-56H,5,8-11,16-20,22-28H2,1-4H3,(H2,46,49,51)/b31-29-,47-39?/t42-,43+,44?,45?. The molecule has 0 spiro atoms. The lowest BCUT2D eigenvalue weighted by molar-refractivity contribution is -0.249. The minimum Gasteiger partial charge on any atom is -0.480 e. The maximum atomic E-state index is 10.7. The number of aliphatic imine (C=N–C) groups is 1. The van der Waals surface area contributed by atoms with Gasteiger partial charge in [-0.15, -0.1) is 0 Å². The van der Waals surface area contributed by atoms with Gasteiger partial charge in [0.25, 0.3) is 5.95 Å². The topological polar surface area (TPSA) is 161 Å². The predicted molar refractivity (Wildman–Crippen MR) is 231 cm³/mol. The molecule has 4 atom stereocenters. The first kappa shape index (κ1) is 39.0. The Morgan fingerprint density at radius 3 is 2.50 bits per heavy atom. The summed E-state index contributed by atoms with van der Waals surface area (Å²) < 4.78 is 10.2. The maximum absolute atomic E-state index is 10.7. The molecule has 0 amide bonds. The minimum absolute atomic E-state index is 0.0851. The number of hydrogen-bond acceptors (Lipinski definition) is 10. The number of likely N-dealkylation sites (tertiary alicyclic amines) is 2. The molecule has 2 aromatic heterocycles. The zero-order valence-corrected chi connectivity index (χ0v) is 35.4. The number of nitrogens with one attached hydrogen (secondary N) is 2. The van der Waals surface area contributed by atoms with Crippen molar-refractivity contribution in [1.82, 2.24) is 29.9 Å². The number of nitrogens with zero attached hydrogens (tertiary/aromatic N) is 6. The smallest absolute Gasteiger partial charge is 0.299 e. The van der Waals surface area contributed by atoms with Crippen molar-refractivity contribution in [2.24, 2.45) is 27.0 Å². The molecule has 3 aromatic rings. The predicted octanol–water partition coefficient (Wildman–Crippen LogP) is 8.61. The largest absolute Gasteiger partial charge is 0.480 e. The van der Waals surface area contributed by atoms with Crippen molar-refractivity contribution < 1.29 is 14.9 Å². The van der Waals surface area contributed by atoms with Crippen molar-refractivity contribution in [2.75, 3.05) is 32.8 Å². The van der Waals surface area contributed by atoms with Crippen molar-refractivity contribution in [3.05, 3.63) is 82.5 Å². The van der Waals surface area contributed by atoms with Crippen LogP contribution in [0.3, 0.4) is 0 Å². The lowest BCUT2D eigenvalue weighted by atomic mass is 9.39. The lowest BCUT2D eigenvalue weighted by Crippen LogP contribution is -2.64. The first-order valence-corrected chi connectivity index (χ1v) is 22.0. The Morgan fingerprint density at radius 2 is 1.76 bits per heavy atom.